The van der Waals surface area contributed by atoms with Gasteiger partial charge in [-0.2, -0.15) is 0 Å². The number of aryl methyl sites for hydroxylation is 1. The molecule has 0 atom stereocenters. The Morgan fingerprint density at radius 3 is 2.93 bits per heavy atom. The van der Waals surface area contributed by atoms with E-state index in [1.807, 2.05) is 25.1 Å². The van der Waals surface area contributed by atoms with Gasteiger partial charge < -0.3 is 9.52 Å². The molecule has 78 valence electrons. The Bertz CT molecular complexity index is 528. The number of rotatable bonds is 2. The van der Waals surface area contributed by atoms with Gasteiger partial charge in [-0.15, -0.1) is 0 Å². The monoisotopic (exact) mass is 268 g/mol. The molecule has 2 aromatic rings. The average Bonchev–Trinajstić information content (AvgIpc) is 2.42. The lowest BCUT2D eigenvalue weighted by Gasteiger charge is -1.91. The van der Waals surface area contributed by atoms with E-state index in [-0.39, 0.29) is 6.42 Å². The van der Waals surface area contributed by atoms with E-state index in [2.05, 4.69) is 15.9 Å². The Kier molecular flexibility index (Phi) is 2.52. The highest BCUT2D eigenvalue weighted by Gasteiger charge is 2.13. The number of carboxylic acids is 1. The van der Waals surface area contributed by atoms with Gasteiger partial charge in [-0.3, -0.25) is 4.79 Å². The fourth-order valence-electron chi connectivity index (χ4n) is 1.56. The Morgan fingerprint density at radius 2 is 2.27 bits per heavy atom. The van der Waals surface area contributed by atoms with Crippen LogP contribution < -0.4 is 0 Å². The molecular weight excluding hydrogens is 260 g/mol. The van der Waals surface area contributed by atoms with E-state index in [1.54, 1.807) is 0 Å². The zero-order valence-corrected chi connectivity index (χ0v) is 9.67. The second-order valence-corrected chi connectivity index (χ2v) is 4.28. The van der Waals surface area contributed by atoms with Gasteiger partial charge in [-0.05, 0) is 30.7 Å². The van der Waals surface area contributed by atoms with Crippen molar-refractivity contribution in [1.29, 1.82) is 0 Å². The molecule has 15 heavy (non-hydrogen) atoms. The molecule has 0 aliphatic heterocycles. The maximum atomic E-state index is 10.6. The largest absolute Gasteiger partial charge is 0.481 e. The quantitative estimate of drug-likeness (QED) is 0.911. The lowest BCUT2D eigenvalue weighted by Crippen LogP contribution is -1.99. The molecule has 0 aliphatic rings. The van der Waals surface area contributed by atoms with E-state index in [0.717, 1.165) is 21.0 Å². The summed E-state index contributed by atoms with van der Waals surface area (Å²) >= 11 is 3.34. The van der Waals surface area contributed by atoms with Gasteiger partial charge in [0.1, 0.15) is 17.8 Å². The number of hydrogen-bond acceptors (Lipinski definition) is 2. The van der Waals surface area contributed by atoms with Gasteiger partial charge >= 0.3 is 5.97 Å². The summed E-state index contributed by atoms with van der Waals surface area (Å²) in [6.45, 7) is 1.87. The second kappa shape index (κ2) is 3.70. The third kappa shape index (κ3) is 1.90. The first-order chi connectivity index (χ1) is 7.08. The number of hydrogen-bond donors (Lipinski definition) is 1. The molecule has 0 radical (unpaired) electrons. The van der Waals surface area contributed by atoms with Gasteiger partial charge in [0.15, 0.2) is 0 Å². The van der Waals surface area contributed by atoms with Gasteiger partial charge in [0, 0.05) is 9.86 Å². The van der Waals surface area contributed by atoms with Gasteiger partial charge in [0.05, 0.1) is 0 Å². The molecule has 1 aromatic heterocycles. The number of benzene rings is 1. The summed E-state index contributed by atoms with van der Waals surface area (Å²) in [6, 6.07) is 5.67. The van der Waals surface area contributed by atoms with E-state index in [0.29, 0.717) is 5.76 Å². The molecule has 0 bridgehead atoms. The van der Waals surface area contributed by atoms with Crippen molar-refractivity contribution < 1.29 is 14.3 Å². The van der Waals surface area contributed by atoms with Gasteiger partial charge in [0.25, 0.3) is 0 Å². The molecule has 1 aromatic carbocycles. The van der Waals surface area contributed by atoms with Crippen molar-refractivity contribution >= 4 is 32.9 Å². The Labute approximate surface area is 94.8 Å². The molecule has 2 rings (SSSR count). The molecule has 3 nitrogen and oxygen atoms in total. The summed E-state index contributed by atoms with van der Waals surface area (Å²) < 4.78 is 6.40. The van der Waals surface area contributed by atoms with Crippen molar-refractivity contribution in [2.45, 2.75) is 13.3 Å². The van der Waals surface area contributed by atoms with E-state index >= 15 is 0 Å². The van der Waals surface area contributed by atoms with Crippen LogP contribution in [0.15, 0.2) is 27.1 Å². The SMILES string of the molecule is Cc1c(CC(=O)O)oc2cc(Br)ccc12. The molecule has 0 amide bonds. The predicted molar refractivity (Wildman–Crippen MR) is 60.0 cm³/mol. The molecular formula is C11H9BrO3. The van der Waals surface area contributed by atoms with Crippen molar-refractivity contribution in [1.82, 2.24) is 0 Å². The summed E-state index contributed by atoms with van der Waals surface area (Å²) in [5.74, 6) is -0.355. The van der Waals surface area contributed by atoms with Crippen molar-refractivity contribution in [3.8, 4) is 0 Å². The van der Waals surface area contributed by atoms with Crippen molar-refractivity contribution in [3.05, 3.63) is 34.0 Å². The number of fused-ring (bicyclic) bond motifs is 1. The van der Waals surface area contributed by atoms with Crippen molar-refractivity contribution in [2.24, 2.45) is 0 Å². The number of carboxylic acid groups (broad SMARTS) is 1. The first kappa shape index (κ1) is 10.2. The van der Waals surface area contributed by atoms with E-state index < -0.39 is 5.97 Å². The molecule has 0 spiro atoms. The van der Waals surface area contributed by atoms with Crippen molar-refractivity contribution in [3.63, 3.8) is 0 Å². The van der Waals surface area contributed by atoms with Crippen LogP contribution in [0.2, 0.25) is 0 Å². The van der Waals surface area contributed by atoms with Crippen LogP contribution in [0.25, 0.3) is 11.0 Å². The summed E-state index contributed by atoms with van der Waals surface area (Å²) in [6.07, 6.45) is -0.0713. The zero-order chi connectivity index (χ0) is 11.0. The normalized spacial score (nSPS) is 10.8. The lowest BCUT2D eigenvalue weighted by molar-refractivity contribution is -0.136. The third-order valence-corrected chi connectivity index (χ3v) is 2.80. The van der Waals surface area contributed by atoms with Crippen LogP contribution in [0.3, 0.4) is 0 Å². The number of carbonyl (C=O) groups is 1. The van der Waals surface area contributed by atoms with E-state index in [1.165, 1.54) is 0 Å². The first-order valence-electron chi connectivity index (χ1n) is 4.47. The lowest BCUT2D eigenvalue weighted by atomic mass is 10.1. The topological polar surface area (TPSA) is 50.4 Å². The minimum absolute atomic E-state index is 0.0713. The van der Waals surface area contributed by atoms with Crippen LogP contribution in [0, 0.1) is 6.92 Å². The Balaban J connectivity index is 2.58. The maximum absolute atomic E-state index is 10.6. The summed E-state index contributed by atoms with van der Waals surface area (Å²) in [7, 11) is 0. The fourth-order valence-corrected chi connectivity index (χ4v) is 1.90. The standard InChI is InChI=1S/C11H9BrO3/c1-6-8-3-2-7(12)4-10(8)15-9(6)5-11(13)14/h2-4H,5H2,1H3,(H,13,14). The number of furan rings is 1. The summed E-state index contributed by atoms with van der Waals surface area (Å²) in [5, 5.41) is 9.67. The van der Waals surface area contributed by atoms with Crippen LogP contribution in [-0.2, 0) is 11.2 Å². The van der Waals surface area contributed by atoms with Gasteiger partial charge in [0.2, 0.25) is 0 Å². The molecule has 1 heterocycles. The van der Waals surface area contributed by atoms with Crippen LogP contribution in [0.4, 0.5) is 0 Å². The predicted octanol–water partition coefficient (Wildman–Crippen LogP) is 3.13. The minimum Gasteiger partial charge on any atom is -0.481 e. The van der Waals surface area contributed by atoms with Crippen LogP contribution >= 0.6 is 15.9 Å². The molecule has 0 saturated carbocycles. The van der Waals surface area contributed by atoms with Gasteiger partial charge in [-0.1, -0.05) is 15.9 Å². The van der Waals surface area contributed by atoms with E-state index in [9.17, 15) is 4.79 Å². The number of aliphatic carboxylic acids is 1. The third-order valence-electron chi connectivity index (χ3n) is 2.31. The van der Waals surface area contributed by atoms with Crippen LogP contribution in [-0.4, -0.2) is 11.1 Å². The fraction of sp³-hybridized carbons (Fsp3) is 0.182. The molecule has 4 heteroatoms. The molecule has 0 saturated heterocycles. The molecule has 0 aliphatic carbocycles. The molecule has 0 unspecified atom stereocenters. The van der Waals surface area contributed by atoms with E-state index in [4.69, 9.17) is 9.52 Å². The summed E-state index contributed by atoms with van der Waals surface area (Å²) in [4.78, 5) is 10.6. The first-order valence-corrected chi connectivity index (χ1v) is 5.26. The highest BCUT2D eigenvalue weighted by atomic mass is 79.9. The molecule has 1 N–H and O–H groups in total. The Hall–Kier alpha value is -1.29. The van der Waals surface area contributed by atoms with Gasteiger partial charge in [-0.25, -0.2) is 0 Å². The zero-order valence-electron chi connectivity index (χ0n) is 8.08. The number of halogens is 1. The second-order valence-electron chi connectivity index (χ2n) is 3.36. The maximum Gasteiger partial charge on any atom is 0.311 e. The molecule has 0 fully saturated rings. The smallest absolute Gasteiger partial charge is 0.311 e. The highest BCUT2D eigenvalue weighted by molar-refractivity contribution is 9.10. The average molecular weight is 269 g/mol. The Morgan fingerprint density at radius 1 is 1.53 bits per heavy atom. The van der Waals surface area contributed by atoms with Crippen LogP contribution in [0.5, 0.6) is 0 Å². The summed E-state index contributed by atoms with van der Waals surface area (Å²) in [5.41, 5.74) is 1.62. The highest BCUT2D eigenvalue weighted by Crippen LogP contribution is 2.28. The van der Waals surface area contributed by atoms with Crippen LogP contribution in [0.1, 0.15) is 11.3 Å². The van der Waals surface area contributed by atoms with Crippen molar-refractivity contribution in [2.75, 3.05) is 0 Å². The minimum atomic E-state index is -0.878.